The summed E-state index contributed by atoms with van der Waals surface area (Å²) < 4.78 is 10.7. The van der Waals surface area contributed by atoms with Crippen LogP contribution in [0.3, 0.4) is 0 Å². The van der Waals surface area contributed by atoms with Crippen molar-refractivity contribution in [1.29, 1.82) is 0 Å². The molecule has 0 amide bonds. The van der Waals surface area contributed by atoms with Gasteiger partial charge in [0.15, 0.2) is 0 Å². The lowest BCUT2D eigenvalue weighted by atomic mass is 10.0. The van der Waals surface area contributed by atoms with Crippen molar-refractivity contribution in [3.05, 3.63) is 53.6 Å². The van der Waals surface area contributed by atoms with Gasteiger partial charge in [-0.2, -0.15) is 0 Å². The molecule has 0 bridgehead atoms. The Labute approximate surface area is 132 Å². The molecule has 4 heteroatoms. The number of benzene rings is 2. The Hall–Kier alpha value is -1.13. The first-order valence-corrected chi connectivity index (χ1v) is 8.33. The van der Waals surface area contributed by atoms with Gasteiger partial charge in [-0.05, 0) is 30.0 Å². The molecule has 0 fully saturated rings. The zero-order valence-corrected chi connectivity index (χ0v) is 14.1. The van der Waals surface area contributed by atoms with Crippen molar-refractivity contribution < 1.29 is 9.47 Å². The summed E-state index contributed by atoms with van der Waals surface area (Å²) in [4.78, 5) is 1.36. The van der Waals surface area contributed by atoms with Crippen LogP contribution >= 0.6 is 27.7 Å². The van der Waals surface area contributed by atoms with Crippen molar-refractivity contribution in [1.82, 2.24) is 0 Å². The Balaban J connectivity index is 2.33. The molecule has 20 heavy (non-hydrogen) atoms. The molecule has 106 valence electrons. The standard InChI is InChI=1S/C16H17BrO2S/c1-18-12-6-9-14(15(10-12)19-2)16(17)11-4-7-13(20-3)8-5-11/h4-10,16H,1-3H3. The van der Waals surface area contributed by atoms with Crippen LogP contribution in [0.1, 0.15) is 16.0 Å². The Kier molecular flexibility index (Phi) is 5.38. The fourth-order valence-electron chi connectivity index (χ4n) is 1.98. The minimum Gasteiger partial charge on any atom is -0.497 e. The highest BCUT2D eigenvalue weighted by atomic mass is 79.9. The quantitative estimate of drug-likeness (QED) is 0.562. The SMILES string of the molecule is COc1ccc(C(Br)c2ccc(SC)cc2)c(OC)c1. The van der Waals surface area contributed by atoms with Gasteiger partial charge in [-0.15, -0.1) is 11.8 Å². The average Bonchev–Trinajstić information content (AvgIpc) is 2.53. The molecule has 0 aliphatic rings. The third kappa shape index (κ3) is 3.30. The van der Waals surface area contributed by atoms with Crippen molar-refractivity contribution in [3.63, 3.8) is 0 Å². The van der Waals surface area contributed by atoms with Crippen molar-refractivity contribution in [2.75, 3.05) is 20.5 Å². The van der Waals surface area contributed by atoms with E-state index in [2.05, 4.69) is 46.5 Å². The van der Waals surface area contributed by atoms with Crippen LogP contribution in [0.15, 0.2) is 47.4 Å². The van der Waals surface area contributed by atoms with Crippen LogP contribution in [0.5, 0.6) is 11.5 Å². The minimum absolute atomic E-state index is 0.0965. The Morgan fingerprint density at radius 1 is 1.00 bits per heavy atom. The highest BCUT2D eigenvalue weighted by Crippen LogP contribution is 2.38. The molecule has 2 aromatic carbocycles. The van der Waals surface area contributed by atoms with Crippen LogP contribution in [0.4, 0.5) is 0 Å². The molecular weight excluding hydrogens is 336 g/mol. The van der Waals surface area contributed by atoms with Crippen LogP contribution in [0, 0.1) is 0 Å². The van der Waals surface area contributed by atoms with Crippen molar-refractivity contribution in [2.24, 2.45) is 0 Å². The topological polar surface area (TPSA) is 18.5 Å². The molecule has 0 saturated heterocycles. The lowest BCUT2D eigenvalue weighted by Gasteiger charge is -2.16. The van der Waals surface area contributed by atoms with E-state index < -0.39 is 0 Å². The van der Waals surface area contributed by atoms with E-state index in [1.807, 2.05) is 18.2 Å². The summed E-state index contributed by atoms with van der Waals surface area (Å²) >= 11 is 5.49. The lowest BCUT2D eigenvalue weighted by molar-refractivity contribution is 0.391. The van der Waals surface area contributed by atoms with E-state index in [0.717, 1.165) is 17.1 Å². The summed E-state index contributed by atoms with van der Waals surface area (Å²) in [7, 11) is 3.33. The van der Waals surface area contributed by atoms with Gasteiger partial charge < -0.3 is 9.47 Å². The Morgan fingerprint density at radius 2 is 1.70 bits per heavy atom. The summed E-state index contributed by atoms with van der Waals surface area (Å²) in [5, 5.41) is 0. The Morgan fingerprint density at radius 3 is 2.25 bits per heavy atom. The van der Waals surface area contributed by atoms with E-state index in [0.29, 0.717) is 0 Å². The van der Waals surface area contributed by atoms with Gasteiger partial charge in [0.25, 0.3) is 0 Å². The van der Waals surface area contributed by atoms with Gasteiger partial charge in [0.1, 0.15) is 11.5 Å². The third-order valence-corrected chi connectivity index (χ3v) is 4.89. The number of methoxy groups -OCH3 is 2. The molecule has 0 aliphatic heterocycles. The predicted octanol–water partition coefficient (Wildman–Crippen LogP) is 4.91. The summed E-state index contributed by atoms with van der Waals surface area (Å²) in [6.07, 6.45) is 2.08. The maximum absolute atomic E-state index is 5.46. The fraction of sp³-hybridized carbons (Fsp3) is 0.250. The molecule has 0 saturated carbocycles. The van der Waals surface area contributed by atoms with Gasteiger partial charge in [0, 0.05) is 16.5 Å². The third-order valence-electron chi connectivity index (χ3n) is 3.12. The summed E-state index contributed by atoms with van der Waals surface area (Å²) in [6.45, 7) is 0. The van der Waals surface area contributed by atoms with E-state index in [4.69, 9.17) is 9.47 Å². The maximum atomic E-state index is 5.46. The first-order chi connectivity index (χ1) is 9.69. The molecule has 2 nitrogen and oxygen atoms in total. The predicted molar refractivity (Wildman–Crippen MR) is 88.5 cm³/mol. The van der Waals surface area contributed by atoms with E-state index in [9.17, 15) is 0 Å². The van der Waals surface area contributed by atoms with Crippen molar-refractivity contribution in [2.45, 2.75) is 9.72 Å². The maximum Gasteiger partial charge on any atom is 0.127 e. The number of halogens is 1. The largest absolute Gasteiger partial charge is 0.497 e. The van der Waals surface area contributed by atoms with E-state index in [-0.39, 0.29) is 4.83 Å². The highest BCUT2D eigenvalue weighted by molar-refractivity contribution is 9.09. The molecule has 0 heterocycles. The van der Waals surface area contributed by atoms with Crippen LogP contribution in [0.25, 0.3) is 0 Å². The average molecular weight is 353 g/mol. The van der Waals surface area contributed by atoms with Gasteiger partial charge >= 0.3 is 0 Å². The molecule has 0 aliphatic carbocycles. The molecule has 1 unspecified atom stereocenters. The second kappa shape index (κ2) is 7.04. The van der Waals surface area contributed by atoms with E-state index >= 15 is 0 Å². The zero-order valence-electron chi connectivity index (χ0n) is 11.7. The molecule has 2 rings (SSSR count). The number of hydrogen-bond acceptors (Lipinski definition) is 3. The molecule has 0 N–H and O–H groups in total. The lowest BCUT2D eigenvalue weighted by Crippen LogP contribution is -1.98. The fourth-order valence-corrected chi connectivity index (χ4v) is 3.07. The minimum atomic E-state index is 0.0965. The summed E-state index contributed by atoms with van der Waals surface area (Å²) in [5.74, 6) is 1.61. The molecule has 2 aromatic rings. The van der Waals surface area contributed by atoms with Crippen LogP contribution < -0.4 is 9.47 Å². The van der Waals surface area contributed by atoms with Gasteiger partial charge in [-0.3, -0.25) is 0 Å². The van der Waals surface area contributed by atoms with Gasteiger partial charge in [0.2, 0.25) is 0 Å². The van der Waals surface area contributed by atoms with Crippen molar-refractivity contribution >= 4 is 27.7 Å². The monoisotopic (exact) mass is 352 g/mol. The molecule has 0 aromatic heterocycles. The summed E-state index contributed by atoms with van der Waals surface area (Å²) in [6, 6.07) is 14.4. The number of rotatable bonds is 5. The molecular formula is C16H17BrO2S. The molecule has 0 spiro atoms. The van der Waals surface area contributed by atoms with Crippen molar-refractivity contribution in [3.8, 4) is 11.5 Å². The highest BCUT2D eigenvalue weighted by Gasteiger charge is 2.16. The number of ether oxygens (including phenoxy) is 2. The summed E-state index contributed by atoms with van der Waals surface area (Å²) in [5.41, 5.74) is 2.29. The Bertz CT molecular complexity index is 569. The molecule has 0 radical (unpaired) electrons. The van der Waals surface area contributed by atoms with Crippen LogP contribution in [-0.2, 0) is 0 Å². The number of alkyl halides is 1. The van der Waals surface area contributed by atoms with Gasteiger partial charge in [-0.25, -0.2) is 0 Å². The number of thioether (sulfide) groups is 1. The molecule has 1 atom stereocenters. The van der Waals surface area contributed by atoms with Crippen LogP contribution in [0.2, 0.25) is 0 Å². The second-order valence-corrected chi connectivity index (χ2v) is 6.04. The van der Waals surface area contributed by atoms with Gasteiger partial charge in [-0.1, -0.05) is 34.1 Å². The van der Waals surface area contributed by atoms with E-state index in [1.54, 1.807) is 26.0 Å². The smallest absolute Gasteiger partial charge is 0.127 e. The van der Waals surface area contributed by atoms with E-state index in [1.165, 1.54) is 10.5 Å². The normalized spacial score (nSPS) is 12.0. The number of hydrogen-bond donors (Lipinski definition) is 0. The second-order valence-electron chi connectivity index (χ2n) is 4.24. The van der Waals surface area contributed by atoms with Gasteiger partial charge in [0.05, 0.1) is 19.0 Å². The zero-order chi connectivity index (χ0) is 14.5. The van der Waals surface area contributed by atoms with Crippen LogP contribution in [-0.4, -0.2) is 20.5 Å². The first kappa shape index (κ1) is 15.3. The first-order valence-electron chi connectivity index (χ1n) is 6.19.